The summed E-state index contributed by atoms with van der Waals surface area (Å²) in [5.74, 6) is -0.659. The molecule has 2 N–H and O–H groups in total. The van der Waals surface area contributed by atoms with Crippen LogP contribution < -0.4 is 5.32 Å². The molecule has 2 aliphatic rings. The number of aliphatic carboxylic acids is 1. The van der Waals surface area contributed by atoms with Gasteiger partial charge in [-0.3, -0.25) is 9.59 Å². The first-order valence-corrected chi connectivity index (χ1v) is 8.29. The zero-order valence-corrected chi connectivity index (χ0v) is 14.3. The fourth-order valence-electron chi connectivity index (χ4n) is 3.90. The Bertz CT molecular complexity index is 557. The number of hydrogen-bond donors (Lipinski definition) is 2. The van der Waals surface area contributed by atoms with Crippen LogP contribution in [0.2, 0.25) is 0 Å². The number of ether oxygens (including phenoxy) is 2. The van der Waals surface area contributed by atoms with E-state index >= 15 is 0 Å². The van der Waals surface area contributed by atoms with Crippen molar-refractivity contribution in [2.75, 3.05) is 6.54 Å². The van der Waals surface area contributed by atoms with E-state index in [2.05, 4.69) is 18.3 Å². The van der Waals surface area contributed by atoms with Crippen LogP contribution in [0.1, 0.15) is 46.5 Å². The van der Waals surface area contributed by atoms with Gasteiger partial charge in [0.15, 0.2) is 0 Å². The van der Waals surface area contributed by atoms with E-state index in [0.29, 0.717) is 5.92 Å². The van der Waals surface area contributed by atoms with Crippen LogP contribution in [-0.2, 0) is 19.1 Å². The molecule has 24 heavy (non-hydrogen) atoms. The molecule has 0 unspecified atom stereocenters. The van der Waals surface area contributed by atoms with E-state index in [4.69, 9.17) is 9.47 Å². The molecule has 1 amide bonds. The molecule has 0 heterocycles. The molecule has 2 rings (SSSR count). The Hall–Kier alpha value is -2.05. The summed E-state index contributed by atoms with van der Waals surface area (Å²) in [5, 5.41) is 11.9. The number of hydrogen-bond acceptors (Lipinski definition) is 5. The number of esters is 1. The number of alkyl carbamates (subject to hydrolysis) is 1. The van der Waals surface area contributed by atoms with Crippen molar-refractivity contribution in [1.29, 1.82) is 0 Å². The zero-order valence-electron chi connectivity index (χ0n) is 14.3. The Morgan fingerprint density at radius 3 is 2.71 bits per heavy atom. The number of carbonyl (C=O) groups excluding carboxylic acids is 2. The summed E-state index contributed by atoms with van der Waals surface area (Å²) < 4.78 is 9.83. The third kappa shape index (κ3) is 4.07. The number of allylic oxidation sites excluding steroid dienone is 2. The highest BCUT2D eigenvalue weighted by atomic mass is 16.7. The summed E-state index contributed by atoms with van der Waals surface area (Å²) in [6, 6.07) is 0. The van der Waals surface area contributed by atoms with Crippen LogP contribution in [0.25, 0.3) is 0 Å². The SMILES string of the molecule is CCC(=O)O[C@@H](C)OC(=O)NC[C@]1(CC(=O)O)C[C@H]2CC(C)=C[C@H]21. The third-order valence-electron chi connectivity index (χ3n) is 4.88. The summed E-state index contributed by atoms with van der Waals surface area (Å²) >= 11 is 0. The Morgan fingerprint density at radius 1 is 1.42 bits per heavy atom. The van der Waals surface area contributed by atoms with E-state index in [1.54, 1.807) is 6.92 Å². The van der Waals surface area contributed by atoms with Crippen LogP contribution >= 0.6 is 0 Å². The summed E-state index contributed by atoms with van der Waals surface area (Å²) in [7, 11) is 0. The first-order chi connectivity index (χ1) is 11.3. The minimum atomic E-state index is -0.976. The number of rotatable bonds is 7. The molecule has 4 atom stereocenters. The molecular formula is C17H25NO6. The number of carbonyl (C=O) groups is 3. The highest BCUT2D eigenvalue weighted by molar-refractivity contribution is 5.71. The predicted octanol–water partition coefficient (Wildman–Crippen LogP) is 2.46. The number of carboxylic acids is 1. The average molecular weight is 339 g/mol. The number of carboxylic acid groups (broad SMARTS) is 1. The lowest BCUT2D eigenvalue weighted by atomic mass is 9.53. The van der Waals surface area contributed by atoms with E-state index in [-0.39, 0.29) is 25.3 Å². The molecule has 0 spiro atoms. The maximum Gasteiger partial charge on any atom is 0.410 e. The Kier molecular flexibility index (Phi) is 5.51. The molecule has 0 bridgehead atoms. The maximum absolute atomic E-state index is 11.9. The average Bonchev–Trinajstić information content (AvgIpc) is 2.79. The predicted molar refractivity (Wildman–Crippen MR) is 85.0 cm³/mol. The number of nitrogens with one attached hydrogen (secondary N) is 1. The van der Waals surface area contributed by atoms with Crippen molar-refractivity contribution in [2.45, 2.75) is 52.7 Å². The van der Waals surface area contributed by atoms with Crippen LogP contribution in [0.4, 0.5) is 4.79 Å². The molecule has 2 aliphatic carbocycles. The topological polar surface area (TPSA) is 102 Å². The van der Waals surface area contributed by atoms with Gasteiger partial charge >= 0.3 is 18.0 Å². The minimum absolute atomic E-state index is 0.0125. The molecule has 0 aliphatic heterocycles. The van der Waals surface area contributed by atoms with Crippen molar-refractivity contribution < 1.29 is 29.0 Å². The van der Waals surface area contributed by atoms with E-state index in [1.807, 2.05) is 0 Å². The van der Waals surface area contributed by atoms with Gasteiger partial charge in [0.2, 0.25) is 6.29 Å². The Labute approximate surface area is 141 Å². The fourth-order valence-corrected chi connectivity index (χ4v) is 3.90. The van der Waals surface area contributed by atoms with Crippen molar-refractivity contribution in [3.8, 4) is 0 Å². The van der Waals surface area contributed by atoms with Gasteiger partial charge in [0.1, 0.15) is 0 Å². The van der Waals surface area contributed by atoms with Gasteiger partial charge in [0.05, 0.1) is 6.42 Å². The molecule has 0 radical (unpaired) electrons. The Balaban J connectivity index is 1.89. The molecule has 7 nitrogen and oxygen atoms in total. The van der Waals surface area contributed by atoms with Crippen molar-refractivity contribution in [1.82, 2.24) is 5.32 Å². The molecule has 1 saturated carbocycles. The molecule has 1 fully saturated rings. The second kappa shape index (κ2) is 7.23. The molecule has 0 aromatic rings. The molecule has 0 aromatic heterocycles. The van der Waals surface area contributed by atoms with Crippen LogP contribution in [0.15, 0.2) is 11.6 Å². The second-order valence-corrected chi connectivity index (χ2v) is 6.81. The largest absolute Gasteiger partial charge is 0.481 e. The van der Waals surface area contributed by atoms with Gasteiger partial charge in [0, 0.05) is 25.3 Å². The third-order valence-corrected chi connectivity index (χ3v) is 4.88. The second-order valence-electron chi connectivity index (χ2n) is 6.81. The molecule has 0 saturated heterocycles. The standard InChI is InChI=1S/C17H25NO6/c1-4-15(21)23-11(3)24-16(22)18-9-17(8-14(19)20)7-12-5-10(2)6-13(12)17/h6,11-13H,4-5,7-9H2,1-3H3,(H,18,22)(H,19,20)/t11-,12-,13-,17-/m1/s1. The molecule has 7 heteroatoms. The first-order valence-electron chi connectivity index (χ1n) is 8.29. The van der Waals surface area contributed by atoms with Gasteiger partial charge in [-0.2, -0.15) is 0 Å². The van der Waals surface area contributed by atoms with Crippen molar-refractivity contribution in [2.24, 2.45) is 17.3 Å². The van der Waals surface area contributed by atoms with Crippen LogP contribution in [-0.4, -0.2) is 36.0 Å². The van der Waals surface area contributed by atoms with Crippen molar-refractivity contribution in [3.05, 3.63) is 11.6 Å². The van der Waals surface area contributed by atoms with Gasteiger partial charge in [0.25, 0.3) is 0 Å². The van der Waals surface area contributed by atoms with Crippen molar-refractivity contribution >= 4 is 18.0 Å². The highest BCUT2D eigenvalue weighted by Gasteiger charge is 2.55. The van der Waals surface area contributed by atoms with Crippen LogP contribution in [0.5, 0.6) is 0 Å². The lowest BCUT2D eigenvalue weighted by Crippen LogP contribution is -2.53. The van der Waals surface area contributed by atoms with Gasteiger partial charge in [-0.1, -0.05) is 18.6 Å². The molecular weight excluding hydrogens is 314 g/mol. The fraction of sp³-hybridized carbons (Fsp3) is 0.706. The van der Waals surface area contributed by atoms with Gasteiger partial charge in [-0.25, -0.2) is 4.79 Å². The van der Waals surface area contributed by atoms with E-state index in [1.165, 1.54) is 12.5 Å². The lowest BCUT2D eigenvalue weighted by molar-refractivity contribution is -0.164. The van der Waals surface area contributed by atoms with Crippen molar-refractivity contribution in [3.63, 3.8) is 0 Å². The van der Waals surface area contributed by atoms with Gasteiger partial charge in [-0.05, 0) is 31.6 Å². The molecule has 0 aromatic carbocycles. The summed E-state index contributed by atoms with van der Waals surface area (Å²) in [6.07, 6.45) is 2.44. The smallest absolute Gasteiger partial charge is 0.410 e. The van der Waals surface area contributed by atoms with E-state index < -0.39 is 29.7 Å². The number of fused-ring (bicyclic) bond motifs is 1. The molecule has 134 valence electrons. The van der Waals surface area contributed by atoms with E-state index in [9.17, 15) is 19.5 Å². The summed E-state index contributed by atoms with van der Waals surface area (Å²) in [5.41, 5.74) is 0.816. The zero-order chi connectivity index (χ0) is 17.9. The van der Waals surface area contributed by atoms with Gasteiger partial charge in [-0.15, -0.1) is 0 Å². The quantitative estimate of drug-likeness (QED) is 0.420. The monoisotopic (exact) mass is 339 g/mol. The first kappa shape index (κ1) is 18.3. The van der Waals surface area contributed by atoms with Gasteiger partial charge < -0.3 is 19.9 Å². The summed E-state index contributed by atoms with van der Waals surface area (Å²) in [6.45, 7) is 5.39. The minimum Gasteiger partial charge on any atom is -0.481 e. The van der Waals surface area contributed by atoms with Crippen LogP contribution in [0.3, 0.4) is 0 Å². The van der Waals surface area contributed by atoms with E-state index in [0.717, 1.165) is 12.8 Å². The summed E-state index contributed by atoms with van der Waals surface area (Å²) in [4.78, 5) is 34.2. The highest BCUT2D eigenvalue weighted by Crippen LogP contribution is 2.59. The number of amides is 1. The normalized spacial score (nSPS) is 28.9. The lowest BCUT2D eigenvalue weighted by Gasteiger charge is -2.51. The van der Waals surface area contributed by atoms with Crippen LogP contribution in [0, 0.1) is 17.3 Å². The Morgan fingerprint density at radius 2 is 2.12 bits per heavy atom. The maximum atomic E-state index is 11.9.